The first kappa shape index (κ1) is 20.7. The molecule has 3 rings (SSSR count). The molecule has 8 nitrogen and oxygen atoms in total. The number of aryl methyl sites for hydroxylation is 1. The minimum atomic E-state index is -0.565. The van der Waals surface area contributed by atoms with Crippen molar-refractivity contribution in [3.05, 3.63) is 63.7 Å². The molecule has 2 heterocycles. The van der Waals surface area contributed by atoms with Crippen LogP contribution in [0.4, 0.5) is 15.8 Å². The van der Waals surface area contributed by atoms with Crippen molar-refractivity contribution in [2.75, 3.05) is 44.2 Å². The van der Waals surface area contributed by atoms with Crippen LogP contribution < -0.4 is 10.2 Å². The summed E-state index contributed by atoms with van der Waals surface area (Å²) in [4.78, 5) is 30.8. The van der Waals surface area contributed by atoms with E-state index in [-0.39, 0.29) is 23.0 Å². The number of para-hydroxylation sites is 1. The maximum absolute atomic E-state index is 13.9. The first-order valence-corrected chi connectivity index (χ1v) is 9.57. The number of rotatable bonds is 7. The Morgan fingerprint density at radius 2 is 2.00 bits per heavy atom. The molecular weight excluding hydrogens is 377 g/mol. The lowest BCUT2D eigenvalue weighted by molar-refractivity contribution is -0.385. The third-order valence-corrected chi connectivity index (χ3v) is 5.03. The summed E-state index contributed by atoms with van der Waals surface area (Å²) in [6.07, 6.45) is 1.90. The lowest BCUT2D eigenvalue weighted by Gasteiger charge is -2.36. The van der Waals surface area contributed by atoms with Crippen molar-refractivity contribution in [2.45, 2.75) is 13.3 Å². The van der Waals surface area contributed by atoms with Gasteiger partial charge in [-0.25, -0.2) is 4.39 Å². The van der Waals surface area contributed by atoms with Gasteiger partial charge in [0.15, 0.2) is 0 Å². The summed E-state index contributed by atoms with van der Waals surface area (Å²) in [5, 5.41) is 13.7. The van der Waals surface area contributed by atoms with Crippen LogP contribution in [-0.4, -0.2) is 60.0 Å². The number of nitro groups is 1. The van der Waals surface area contributed by atoms with Crippen molar-refractivity contribution in [1.29, 1.82) is 0 Å². The molecule has 0 aliphatic carbocycles. The zero-order chi connectivity index (χ0) is 20.8. The zero-order valence-electron chi connectivity index (χ0n) is 16.3. The molecule has 1 fully saturated rings. The number of piperazine rings is 1. The molecule has 9 heteroatoms. The molecule has 1 aliphatic rings. The normalized spacial score (nSPS) is 14.6. The zero-order valence-corrected chi connectivity index (χ0v) is 16.3. The van der Waals surface area contributed by atoms with Crippen molar-refractivity contribution >= 4 is 17.3 Å². The highest BCUT2D eigenvalue weighted by Crippen LogP contribution is 2.20. The number of carbonyl (C=O) groups excluding carboxylic acids is 1. The summed E-state index contributed by atoms with van der Waals surface area (Å²) in [5.74, 6) is -0.558. The maximum Gasteiger partial charge on any atom is 0.288 e. The Kier molecular flexibility index (Phi) is 6.71. The van der Waals surface area contributed by atoms with Crippen LogP contribution in [0.2, 0.25) is 0 Å². The number of anilines is 1. The quantitative estimate of drug-likeness (QED) is 0.435. The van der Waals surface area contributed by atoms with Crippen LogP contribution in [0.25, 0.3) is 0 Å². The molecule has 0 radical (unpaired) electrons. The number of hydrogen-bond donors (Lipinski definition) is 1. The summed E-state index contributed by atoms with van der Waals surface area (Å²) in [5.41, 5.74) is 1.11. The third-order valence-electron chi connectivity index (χ3n) is 5.03. The fourth-order valence-corrected chi connectivity index (χ4v) is 3.37. The van der Waals surface area contributed by atoms with E-state index in [9.17, 15) is 19.3 Å². The number of benzene rings is 1. The second kappa shape index (κ2) is 9.42. The highest BCUT2D eigenvalue weighted by atomic mass is 19.1. The van der Waals surface area contributed by atoms with Crippen LogP contribution >= 0.6 is 0 Å². The van der Waals surface area contributed by atoms with Crippen LogP contribution in [-0.2, 0) is 0 Å². The summed E-state index contributed by atoms with van der Waals surface area (Å²) < 4.78 is 13.9. The molecule has 0 spiro atoms. The van der Waals surface area contributed by atoms with Crippen molar-refractivity contribution in [3.8, 4) is 0 Å². The molecule has 1 aliphatic heterocycles. The molecule has 0 saturated carbocycles. The number of pyridine rings is 1. The molecule has 2 aromatic rings. The van der Waals surface area contributed by atoms with Gasteiger partial charge >= 0.3 is 0 Å². The summed E-state index contributed by atoms with van der Waals surface area (Å²) in [6.45, 7) is 6.10. The molecule has 1 aromatic heterocycles. The van der Waals surface area contributed by atoms with Gasteiger partial charge in [-0.1, -0.05) is 12.1 Å². The Morgan fingerprint density at radius 1 is 1.28 bits per heavy atom. The van der Waals surface area contributed by atoms with Gasteiger partial charge in [0.1, 0.15) is 12.0 Å². The van der Waals surface area contributed by atoms with Crippen LogP contribution in [0.5, 0.6) is 0 Å². The molecule has 0 unspecified atom stereocenters. The second-order valence-corrected chi connectivity index (χ2v) is 6.97. The van der Waals surface area contributed by atoms with Gasteiger partial charge in [-0.3, -0.25) is 24.8 Å². The highest BCUT2D eigenvalue weighted by Gasteiger charge is 2.19. The summed E-state index contributed by atoms with van der Waals surface area (Å²) in [7, 11) is 0. The number of halogens is 1. The number of hydrogen-bond acceptors (Lipinski definition) is 6. The van der Waals surface area contributed by atoms with Crippen molar-refractivity contribution in [2.24, 2.45) is 0 Å². The average Bonchev–Trinajstić information content (AvgIpc) is 2.72. The van der Waals surface area contributed by atoms with Crippen LogP contribution in [0.15, 0.2) is 36.5 Å². The SMILES string of the molecule is Cc1ncc([N+](=O)[O-])cc1C(=O)NCCCN1CCN(c2ccccc2F)CC1. The van der Waals surface area contributed by atoms with Crippen LogP contribution in [0.1, 0.15) is 22.5 Å². The smallest absolute Gasteiger partial charge is 0.288 e. The van der Waals surface area contributed by atoms with Gasteiger partial charge < -0.3 is 10.2 Å². The van der Waals surface area contributed by atoms with Gasteiger partial charge in [0.25, 0.3) is 11.6 Å². The van der Waals surface area contributed by atoms with E-state index in [0.717, 1.165) is 45.3 Å². The first-order chi connectivity index (χ1) is 14.0. The summed E-state index contributed by atoms with van der Waals surface area (Å²) >= 11 is 0. The molecule has 0 bridgehead atoms. The second-order valence-electron chi connectivity index (χ2n) is 6.97. The van der Waals surface area contributed by atoms with Gasteiger partial charge in [0.05, 0.1) is 21.9 Å². The predicted molar refractivity (Wildman–Crippen MR) is 108 cm³/mol. The van der Waals surface area contributed by atoms with Gasteiger partial charge in [0.2, 0.25) is 0 Å². The Morgan fingerprint density at radius 3 is 2.69 bits per heavy atom. The number of nitrogens with zero attached hydrogens (tertiary/aromatic N) is 4. The molecule has 1 aromatic carbocycles. The fraction of sp³-hybridized carbons (Fsp3) is 0.400. The lowest BCUT2D eigenvalue weighted by Crippen LogP contribution is -2.47. The van der Waals surface area contributed by atoms with E-state index in [2.05, 4.69) is 15.2 Å². The van der Waals surface area contributed by atoms with Gasteiger partial charge in [-0.15, -0.1) is 0 Å². The molecule has 1 saturated heterocycles. The standard InChI is InChI=1S/C20H24FN5O3/c1-15-17(13-16(14-23-15)26(28)29)20(27)22-7-4-8-24-9-11-25(12-10-24)19-6-3-2-5-18(19)21/h2-3,5-6,13-14H,4,7-12H2,1H3,(H,22,27). The fourth-order valence-electron chi connectivity index (χ4n) is 3.37. The van der Waals surface area contributed by atoms with E-state index in [1.807, 2.05) is 11.0 Å². The Labute approximate surface area is 168 Å². The van der Waals surface area contributed by atoms with Crippen LogP contribution in [0, 0.1) is 22.9 Å². The molecule has 0 atom stereocenters. The third kappa shape index (κ3) is 5.26. The minimum absolute atomic E-state index is 0.199. The summed E-state index contributed by atoms with van der Waals surface area (Å²) in [6, 6.07) is 8.05. The van der Waals surface area contributed by atoms with Gasteiger partial charge in [-0.05, 0) is 32.0 Å². The molecule has 1 N–H and O–H groups in total. The first-order valence-electron chi connectivity index (χ1n) is 9.57. The van der Waals surface area contributed by atoms with E-state index in [1.165, 1.54) is 12.1 Å². The van der Waals surface area contributed by atoms with E-state index >= 15 is 0 Å². The topological polar surface area (TPSA) is 91.6 Å². The number of nitrogens with one attached hydrogen (secondary N) is 1. The Bertz CT molecular complexity index is 884. The van der Waals surface area contributed by atoms with Crippen LogP contribution in [0.3, 0.4) is 0 Å². The van der Waals surface area contributed by atoms with E-state index in [1.54, 1.807) is 19.1 Å². The molecule has 1 amide bonds. The van der Waals surface area contributed by atoms with Gasteiger partial charge in [-0.2, -0.15) is 0 Å². The molecule has 29 heavy (non-hydrogen) atoms. The van der Waals surface area contributed by atoms with Crippen molar-refractivity contribution in [1.82, 2.24) is 15.2 Å². The van der Waals surface area contributed by atoms with E-state index in [0.29, 0.717) is 17.9 Å². The number of carbonyl (C=O) groups is 1. The maximum atomic E-state index is 13.9. The molecule has 154 valence electrons. The van der Waals surface area contributed by atoms with Crippen molar-refractivity contribution in [3.63, 3.8) is 0 Å². The Hall–Kier alpha value is -3.07. The minimum Gasteiger partial charge on any atom is -0.367 e. The predicted octanol–water partition coefficient (Wildman–Crippen LogP) is 2.38. The average molecular weight is 401 g/mol. The van der Waals surface area contributed by atoms with Crippen molar-refractivity contribution < 1.29 is 14.1 Å². The molecular formula is C20H24FN5O3. The largest absolute Gasteiger partial charge is 0.367 e. The Balaban J connectivity index is 1.41. The lowest BCUT2D eigenvalue weighted by atomic mass is 10.2. The number of amides is 1. The monoisotopic (exact) mass is 401 g/mol. The number of aromatic nitrogens is 1. The van der Waals surface area contributed by atoms with Gasteiger partial charge in [0, 0.05) is 38.8 Å². The van der Waals surface area contributed by atoms with E-state index < -0.39 is 4.92 Å². The highest BCUT2D eigenvalue weighted by molar-refractivity contribution is 5.95. The van der Waals surface area contributed by atoms with E-state index in [4.69, 9.17) is 0 Å².